The molecule has 6 heteroatoms. The van der Waals surface area contributed by atoms with Crippen molar-refractivity contribution in [3.05, 3.63) is 33.8 Å². The van der Waals surface area contributed by atoms with E-state index in [9.17, 15) is 9.59 Å². The SMILES string of the molecule is CCOC(=O)CCCNC(=O)c1c(Cl)cccc1Cl. The van der Waals surface area contributed by atoms with Crippen LogP contribution in [0.1, 0.15) is 30.1 Å². The maximum atomic E-state index is 11.9. The molecule has 0 unspecified atom stereocenters. The molecule has 0 bridgehead atoms. The smallest absolute Gasteiger partial charge is 0.305 e. The number of benzene rings is 1. The average molecular weight is 304 g/mol. The zero-order valence-electron chi connectivity index (χ0n) is 10.5. The number of carbonyl (C=O) groups excluding carboxylic acids is 2. The lowest BCUT2D eigenvalue weighted by atomic mass is 10.2. The van der Waals surface area contributed by atoms with Gasteiger partial charge in [-0.3, -0.25) is 9.59 Å². The highest BCUT2D eigenvalue weighted by atomic mass is 35.5. The van der Waals surface area contributed by atoms with Crippen LogP contribution in [0.5, 0.6) is 0 Å². The van der Waals surface area contributed by atoms with Crippen molar-refractivity contribution in [2.24, 2.45) is 0 Å². The summed E-state index contributed by atoms with van der Waals surface area (Å²) in [5.41, 5.74) is 0.252. The number of hydrogen-bond acceptors (Lipinski definition) is 3. The van der Waals surface area contributed by atoms with Crippen LogP contribution in [0.15, 0.2) is 18.2 Å². The van der Waals surface area contributed by atoms with Gasteiger partial charge in [-0.25, -0.2) is 0 Å². The van der Waals surface area contributed by atoms with Gasteiger partial charge >= 0.3 is 5.97 Å². The molecule has 0 spiro atoms. The Kier molecular flexibility index (Phi) is 6.67. The van der Waals surface area contributed by atoms with E-state index in [1.54, 1.807) is 25.1 Å². The summed E-state index contributed by atoms with van der Waals surface area (Å²) in [5.74, 6) is -0.619. The van der Waals surface area contributed by atoms with Gasteiger partial charge in [0, 0.05) is 13.0 Å². The van der Waals surface area contributed by atoms with Crippen molar-refractivity contribution in [3.63, 3.8) is 0 Å². The number of esters is 1. The third kappa shape index (κ3) is 5.09. The molecule has 1 aromatic carbocycles. The van der Waals surface area contributed by atoms with Crippen molar-refractivity contribution < 1.29 is 14.3 Å². The highest BCUT2D eigenvalue weighted by Crippen LogP contribution is 2.23. The fourth-order valence-corrected chi connectivity index (χ4v) is 2.04. The van der Waals surface area contributed by atoms with Gasteiger partial charge in [-0.1, -0.05) is 29.3 Å². The predicted molar refractivity (Wildman–Crippen MR) is 74.7 cm³/mol. The molecule has 0 heterocycles. The first kappa shape index (κ1) is 15.8. The van der Waals surface area contributed by atoms with E-state index in [0.717, 1.165) is 0 Å². The highest BCUT2D eigenvalue weighted by Gasteiger charge is 2.13. The third-order valence-corrected chi connectivity index (χ3v) is 2.97. The summed E-state index contributed by atoms with van der Waals surface area (Å²) in [7, 11) is 0. The molecule has 0 aliphatic heterocycles. The van der Waals surface area contributed by atoms with Crippen molar-refractivity contribution in [1.82, 2.24) is 5.32 Å². The molecule has 1 rings (SSSR count). The zero-order chi connectivity index (χ0) is 14.3. The molecule has 0 aromatic heterocycles. The summed E-state index contributed by atoms with van der Waals surface area (Å²) in [6.07, 6.45) is 0.775. The van der Waals surface area contributed by atoms with Gasteiger partial charge < -0.3 is 10.1 Å². The average Bonchev–Trinajstić information content (AvgIpc) is 2.35. The molecular weight excluding hydrogens is 289 g/mol. The third-order valence-electron chi connectivity index (χ3n) is 2.34. The van der Waals surface area contributed by atoms with Crippen LogP contribution in [0.4, 0.5) is 0 Å². The van der Waals surface area contributed by atoms with Gasteiger partial charge in [-0.15, -0.1) is 0 Å². The molecule has 0 fully saturated rings. The van der Waals surface area contributed by atoms with Gasteiger partial charge in [0.05, 0.1) is 22.2 Å². The largest absolute Gasteiger partial charge is 0.466 e. The van der Waals surface area contributed by atoms with Crippen LogP contribution in [-0.4, -0.2) is 25.0 Å². The summed E-state index contributed by atoms with van der Waals surface area (Å²) in [6.45, 7) is 2.47. The lowest BCUT2D eigenvalue weighted by molar-refractivity contribution is -0.143. The van der Waals surface area contributed by atoms with Crippen LogP contribution in [-0.2, 0) is 9.53 Å². The first-order valence-electron chi connectivity index (χ1n) is 5.94. The number of hydrogen-bond donors (Lipinski definition) is 1. The summed E-state index contributed by atoms with van der Waals surface area (Å²) in [6, 6.07) is 4.87. The maximum absolute atomic E-state index is 11.9. The number of nitrogens with one attached hydrogen (secondary N) is 1. The van der Waals surface area contributed by atoms with Crippen LogP contribution < -0.4 is 5.32 Å². The maximum Gasteiger partial charge on any atom is 0.305 e. The Morgan fingerprint density at radius 2 is 1.89 bits per heavy atom. The van der Waals surface area contributed by atoms with E-state index in [1.165, 1.54) is 0 Å². The number of halogens is 2. The second-order valence-corrected chi connectivity index (χ2v) is 4.58. The number of amides is 1. The molecule has 1 aromatic rings. The topological polar surface area (TPSA) is 55.4 Å². The molecule has 4 nitrogen and oxygen atoms in total. The van der Waals surface area contributed by atoms with Gasteiger partial charge in [0.15, 0.2) is 0 Å². The van der Waals surface area contributed by atoms with E-state index in [-0.39, 0.29) is 23.9 Å². The zero-order valence-corrected chi connectivity index (χ0v) is 12.1. The van der Waals surface area contributed by atoms with E-state index in [0.29, 0.717) is 29.6 Å². The Balaban J connectivity index is 2.42. The highest BCUT2D eigenvalue weighted by molar-refractivity contribution is 6.39. The van der Waals surface area contributed by atoms with E-state index in [2.05, 4.69) is 5.32 Å². The molecule has 0 saturated carbocycles. The van der Waals surface area contributed by atoms with Crippen LogP contribution in [0.3, 0.4) is 0 Å². The normalized spacial score (nSPS) is 10.1. The van der Waals surface area contributed by atoms with Crippen LogP contribution in [0, 0.1) is 0 Å². The summed E-state index contributed by atoms with van der Waals surface area (Å²) in [4.78, 5) is 22.9. The van der Waals surface area contributed by atoms with Crippen molar-refractivity contribution in [3.8, 4) is 0 Å². The van der Waals surface area contributed by atoms with Crippen molar-refractivity contribution in [2.45, 2.75) is 19.8 Å². The molecule has 0 aliphatic carbocycles. The quantitative estimate of drug-likeness (QED) is 0.649. The molecule has 0 aliphatic rings. The lowest BCUT2D eigenvalue weighted by Crippen LogP contribution is -2.25. The molecule has 0 atom stereocenters. The molecule has 0 radical (unpaired) electrons. The van der Waals surface area contributed by atoms with E-state index in [1.807, 2.05) is 0 Å². The second kappa shape index (κ2) is 8.02. The van der Waals surface area contributed by atoms with Gasteiger partial charge in [0.1, 0.15) is 0 Å². The summed E-state index contributed by atoms with van der Waals surface area (Å²) in [5, 5.41) is 3.27. The molecule has 0 saturated heterocycles. The van der Waals surface area contributed by atoms with Crippen molar-refractivity contribution in [2.75, 3.05) is 13.2 Å². The Morgan fingerprint density at radius 3 is 2.47 bits per heavy atom. The minimum absolute atomic E-state index is 0.252. The van der Waals surface area contributed by atoms with Gasteiger partial charge in [0.25, 0.3) is 5.91 Å². The molecule has 1 amide bonds. The standard InChI is InChI=1S/C13H15Cl2NO3/c1-2-19-11(17)7-4-8-16-13(18)12-9(14)5-3-6-10(12)15/h3,5-6H,2,4,7-8H2,1H3,(H,16,18). The van der Waals surface area contributed by atoms with Crippen molar-refractivity contribution in [1.29, 1.82) is 0 Å². The van der Waals surface area contributed by atoms with E-state index < -0.39 is 0 Å². The Hall–Kier alpha value is -1.26. The second-order valence-electron chi connectivity index (χ2n) is 3.76. The summed E-state index contributed by atoms with van der Waals surface area (Å²) >= 11 is 11.8. The number of carbonyl (C=O) groups is 2. The van der Waals surface area contributed by atoms with Gasteiger partial charge in [0.2, 0.25) is 0 Å². The monoisotopic (exact) mass is 303 g/mol. The van der Waals surface area contributed by atoms with Crippen LogP contribution in [0.25, 0.3) is 0 Å². The van der Waals surface area contributed by atoms with E-state index >= 15 is 0 Å². The first-order chi connectivity index (χ1) is 9.06. The molecule has 19 heavy (non-hydrogen) atoms. The Morgan fingerprint density at radius 1 is 1.26 bits per heavy atom. The molecular formula is C13H15Cl2NO3. The minimum Gasteiger partial charge on any atom is -0.466 e. The molecule has 104 valence electrons. The van der Waals surface area contributed by atoms with Crippen LogP contribution >= 0.6 is 23.2 Å². The van der Waals surface area contributed by atoms with E-state index in [4.69, 9.17) is 27.9 Å². The Labute approximate surface area is 122 Å². The summed E-state index contributed by atoms with van der Waals surface area (Å²) < 4.78 is 4.78. The first-order valence-corrected chi connectivity index (χ1v) is 6.69. The minimum atomic E-state index is -0.348. The predicted octanol–water partition coefficient (Wildman–Crippen LogP) is 3.07. The number of rotatable bonds is 6. The van der Waals surface area contributed by atoms with Crippen LogP contribution in [0.2, 0.25) is 10.0 Å². The fraction of sp³-hybridized carbons (Fsp3) is 0.385. The molecule has 1 N–H and O–H groups in total. The Bertz CT molecular complexity index is 443. The van der Waals surface area contributed by atoms with Gasteiger partial charge in [-0.05, 0) is 25.5 Å². The van der Waals surface area contributed by atoms with Gasteiger partial charge in [-0.2, -0.15) is 0 Å². The van der Waals surface area contributed by atoms with Crippen molar-refractivity contribution >= 4 is 35.1 Å². The lowest BCUT2D eigenvalue weighted by Gasteiger charge is -2.08. The fourth-order valence-electron chi connectivity index (χ4n) is 1.47. The number of ether oxygens (including phenoxy) is 1.